The summed E-state index contributed by atoms with van der Waals surface area (Å²) in [5.41, 5.74) is 8.86. The lowest BCUT2D eigenvalue weighted by atomic mass is 9.96. The second-order valence-electron chi connectivity index (χ2n) is 5.42. The Hall–Kier alpha value is -0.770. The molecule has 0 aliphatic heterocycles. The van der Waals surface area contributed by atoms with E-state index in [4.69, 9.17) is 22.1 Å². The molecule has 0 radical (unpaired) electrons. The van der Waals surface area contributed by atoms with Crippen molar-refractivity contribution >= 4 is 11.6 Å². The molecule has 1 aromatic rings. The van der Waals surface area contributed by atoms with Gasteiger partial charge in [-0.25, -0.2) is 0 Å². The van der Waals surface area contributed by atoms with Gasteiger partial charge < -0.3 is 15.6 Å². The summed E-state index contributed by atoms with van der Waals surface area (Å²) in [5, 5.41) is 10.6. The van der Waals surface area contributed by atoms with Crippen LogP contribution in [0, 0.1) is 13.8 Å². The van der Waals surface area contributed by atoms with Gasteiger partial charge in [0, 0.05) is 11.1 Å². The molecule has 4 heteroatoms. The Labute approximate surface area is 127 Å². The van der Waals surface area contributed by atoms with Crippen LogP contribution in [-0.2, 0) is 6.42 Å². The largest absolute Gasteiger partial charge is 0.493 e. The van der Waals surface area contributed by atoms with Crippen molar-refractivity contribution < 1.29 is 9.84 Å². The first-order valence-electron chi connectivity index (χ1n) is 7.23. The molecule has 0 heterocycles. The van der Waals surface area contributed by atoms with E-state index in [1.165, 1.54) is 0 Å². The van der Waals surface area contributed by atoms with Crippen molar-refractivity contribution in [3.8, 4) is 5.75 Å². The molecule has 114 valence electrons. The number of aliphatic hydroxyl groups excluding tert-OH is 1. The highest BCUT2D eigenvalue weighted by molar-refractivity contribution is 6.31. The highest BCUT2D eigenvalue weighted by Crippen LogP contribution is 2.33. The summed E-state index contributed by atoms with van der Waals surface area (Å²) in [7, 11) is 0. The van der Waals surface area contributed by atoms with Gasteiger partial charge >= 0.3 is 0 Å². The number of hydrogen-bond acceptors (Lipinski definition) is 3. The molecule has 0 bridgehead atoms. The lowest BCUT2D eigenvalue weighted by molar-refractivity contribution is 0.141. The van der Waals surface area contributed by atoms with Crippen LogP contribution in [-0.4, -0.2) is 23.9 Å². The summed E-state index contributed by atoms with van der Waals surface area (Å²) in [5.74, 6) is 0.908. The maximum absolute atomic E-state index is 9.89. The zero-order valence-electron chi connectivity index (χ0n) is 12.9. The molecule has 2 atom stereocenters. The smallest absolute Gasteiger partial charge is 0.125 e. The maximum atomic E-state index is 9.89. The van der Waals surface area contributed by atoms with Crippen molar-refractivity contribution in [2.24, 2.45) is 5.73 Å². The Kier molecular flexibility index (Phi) is 6.80. The molecule has 3 nitrogen and oxygen atoms in total. The fraction of sp³-hybridized carbons (Fsp3) is 0.625. The van der Waals surface area contributed by atoms with Gasteiger partial charge in [0.15, 0.2) is 0 Å². The van der Waals surface area contributed by atoms with Crippen molar-refractivity contribution in [1.82, 2.24) is 0 Å². The van der Waals surface area contributed by atoms with Gasteiger partial charge in [-0.3, -0.25) is 0 Å². The van der Waals surface area contributed by atoms with Gasteiger partial charge in [-0.1, -0.05) is 18.5 Å². The third-order valence-electron chi connectivity index (χ3n) is 3.53. The maximum Gasteiger partial charge on any atom is 0.125 e. The average Bonchev–Trinajstić information content (AvgIpc) is 2.39. The van der Waals surface area contributed by atoms with Gasteiger partial charge in [-0.05, 0) is 62.8 Å². The first-order chi connectivity index (χ1) is 9.38. The van der Waals surface area contributed by atoms with E-state index in [1.54, 1.807) is 0 Å². The molecule has 0 fully saturated rings. The van der Waals surface area contributed by atoms with E-state index in [2.05, 4.69) is 6.92 Å². The lowest BCUT2D eigenvalue weighted by Gasteiger charge is -2.20. The second kappa shape index (κ2) is 7.87. The minimum absolute atomic E-state index is 0.226. The molecular formula is C16H26ClNO2. The van der Waals surface area contributed by atoms with E-state index in [-0.39, 0.29) is 6.04 Å². The van der Waals surface area contributed by atoms with Crippen LogP contribution in [0.1, 0.15) is 43.4 Å². The van der Waals surface area contributed by atoms with Crippen molar-refractivity contribution in [2.75, 3.05) is 6.61 Å². The number of hydrogen-bond donors (Lipinski definition) is 2. The van der Waals surface area contributed by atoms with E-state index in [0.717, 1.165) is 40.3 Å². The second-order valence-corrected chi connectivity index (χ2v) is 5.83. The van der Waals surface area contributed by atoms with E-state index < -0.39 is 6.10 Å². The third kappa shape index (κ3) is 4.37. The molecule has 0 spiro atoms. The van der Waals surface area contributed by atoms with Gasteiger partial charge in [-0.15, -0.1) is 0 Å². The van der Waals surface area contributed by atoms with Crippen molar-refractivity contribution in [1.29, 1.82) is 0 Å². The minimum atomic E-state index is -0.507. The molecular weight excluding hydrogens is 274 g/mol. The van der Waals surface area contributed by atoms with Crippen molar-refractivity contribution in [3.05, 3.63) is 27.8 Å². The Morgan fingerprint density at radius 3 is 2.60 bits per heavy atom. The lowest BCUT2D eigenvalue weighted by Crippen LogP contribution is -2.31. The summed E-state index contributed by atoms with van der Waals surface area (Å²) in [4.78, 5) is 0. The monoisotopic (exact) mass is 299 g/mol. The normalized spacial score (nSPS) is 14.2. The summed E-state index contributed by atoms with van der Waals surface area (Å²) in [6, 6.07) is 1.71. The third-order valence-corrected chi connectivity index (χ3v) is 3.93. The average molecular weight is 300 g/mol. The molecule has 0 amide bonds. The molecule has 2 unspecified atom stereocenters. The number of halogens is 1. The number of ether oxygens (including phenoxy) is 1. The van der Waals surface area contributed by atoms with Crippen LogP contribution in [0.15, 0.2) is 6.07 Å². The summed E-state index contributed by atoms with van der Waals surface area (Å²) >= 11 is 6.26. The van der Waals surface area contributed by atoms with Crippen molar-refractivity contribution in [2.45, 2.75) is 59.1 Å². The fourth-order valence-corrected chi connectivity index (χ4v) is 2.46. The Bertz CT molecular complexity index is 447. The van der Waals surface area contributed by atoms with Crippen LogP contribution in [0.25, 0.3) is 0 Å². The van der Waals surface area contributed by atoms with E-state index in [9.17, 15) is 5.11 Å². The molecule has 20 heavy (non-hydrogen) atoms. The number of rotatable bonds is 7. The molecule has 1 rings (SSSR count). The minimum Gasteiger partial charge on any atom is -0.493 e. The molecule has 0 saturated carbocycles. The van der Waals surface area contributed by atoms with Crippen LogP contribution in [0.2, 0.25) is 5.02 Å². The predicted octanol–water partition coefficient (Wildman–Crippen LogP) is 3.39. The molecule has 1 aromatic carbocycles. The quantitative estimate of drug-likeness (QED) is 0.811. The topological polar surface area (TPSA) is 55.5 Å². The van der Waals surface area contributed by atoms with Crippen LogP contribution in [0.4, 0.5) is 0 Å². The predicted molar refractivity (Wildman–Crippen MR) is 84.7 cm³/mol. The molecule has 0 aliphatic carbocycles. The van der Waals surface area contributed by atoms with Crippen molar-refractivity contribution in [3.63, 3.8) is 0 Å². The fourth-order valence-electron chi connectivity index (χ4n) is 2.18. The summed E-state index contributed by atoms with van der Waals surface area (Å²) in [6.45, 7) is 8.58. The number of aryl methyl sites for hydroxylation is 1. The summed E-state index contributed by atoms with van der Waals surface area (Å²) in [6.07, 6.45) is 1.78. The standard InChI is InChI=1S/C16H26ClNO2/c1-5-8-20-16-10(2)9-14(17)11(3)13(16)6-7-15(19)12(4)18/h9,12,15,19H,5-8,18H2,1-4H3. The van der Waals surface area contributed by atoms with Gasteiger partial charge in [0.05, 0.1) is 12.7 Å². The highest BCUT2D eigenvalue weighted by Gasteiger charge is 2.17. The zero-order chi connectivity index (χ0) is 15.3. The molecule has 3 N–H and O–H groups in total. The number of benzene rings is 1. The molecule has 0 aliphatic rings. The Morgan fingerprint density at radius 2 is 2.05 bits per heavy atom. The van der Waals surface area contributed by atoms with Gasteiger partial charge in [-0.2, -0.15) is 0 Å². The molecule has 0 aromatic heterocycles. The van der Waals surface area contributed by atoms with E-state index >= 15 is 0 Å². The Balaban J connectivity index is 3.01. The molecule has 0 saturated heterocycles. The van der Waals surface area contributed by atoms with Crippen LogP contribution in [0.3, 0.4) is 0 Å². The first kappa shape index (κ1) is 17.3. The van der Waals surface area contributed by atoms with E-state index in [0.29, 0.717) is 13.0 Å². The number of nitrogens with two attached hydrogens (primary N) is 1. The highest BCUT2D eigenvalue weighted by atomic mass is 35.5. The first-order valence-corrected chi connectivity index (χ1v) is 7.61. The van der Waals surface area contributed by atoms with E-state index in [1.807, 2.05) is 26.8 Å². The summed E-state index contributed by atoms with van der Waals surface area (Å²) < 4.78 is 5.87. The van der Waals surface area contributed by atoms with Gasteiger partial charge in [0.2, 0.25) is 0 Å². The SMILES string of the molecule is CCCOc1c(C)cc(Cl)c(C)c1CCC(O)C(C)N. The number of aliphatic hydroxyl groups is 1. The van der Waals surface area contributed by atoms with Crippen LogP contribution < -0.4 is 10.5 Å². The van der Waals surface area contributed by atoms with Crippen LogP contribution >= 0.6 is 11.6 Å². The van der Waals surface area contributed by atoms with Gasteiger partial charge in [0.1, 0.15) is 5.75 Å². The zero-order valence-corrected chi connectivity index (χ0v) is 13.6. The van der Waals surface area contributed by atoms with Crippen LogP contribution in [0.5, 0.6) is 5.75 Å². The van der Waals surface area contributed by atoms with Gasteiger partial charge in [0.25, 0.3) is 0 Å². The Morgan fingerprint density at radius 1 is 1.40 bits per heavy atom.